The summed E-state index contributed by atoms with van der Waals surface area (Å²) in [5.74, 6) is 0.917. The highest BCUT2D eigenvalue weighted by Gasteiger charge is 2.22. The Kier molecular flexibility index (Phi) is 6.09. The Balaban J connectivity index is 1.49. The molecule has 0 aliphatic rings. The van der Waals surface area contributed by atoms with Gasteiger partial charge in [-0.2, -0.15) is 5.10 Å². The van der Waals surface area contributed by atoms with Crippen LogP contribution in [0.1, 0.15) is 45.6 Å². The normalized spacial score (nSPS) is 11.0. The average molecular weight is 452 g/mol. The smallest absolute Gasteiger partial charge is 0.280 e. The first-order valence-electron chi connectivity index (χ1n) is 10.3. The number of amides is 1. The summed E-state index contributed by atoms with van der Waals surface area (Å²) >= 11 is 1.35. The third-order valence-electron chi connectivity index (χ3n) is 5.31. The maximum atomic E-state index is 12.9. The molecular formula is C23H25N5O3S. The molecule has 0 saturated heterocycles. The molecule has 4 aromatic rings. The zero-order valence-electron chi connectivity index (χ0n) is 18.7. The van der Waals surface area contributed by atoms with E-state index in [-0.39, 0.29) is 18.2 Å². The minimum Gasteiger partial charge on any atom is -0.488 e. The van der Waals surface area contributed by atoms with Gasteiger partial charge in [0.25, 0.3) is 5.91 Å². The minimum atomic E-state index is -0.386. The highest BCUT2D eigenvalue weighted by atomic mass is 32.1. The Hall–Kier alpha value is -3.46. The predicted molar refractivity (Wildman–Crippen MR) is 123 cm³/mol. The van der Waals surface area contributed by atoms with Crippen LogP contribution in [0.5, 0.6) is 5.75 Å². The molecular weight excluding hydrogens is 426 g/mol. The van der Waals surface area contributed by atoms with Crippen molar-refractivity contribution in [2.45, 2.75) is 47.8 Å². The lowest BCUT2D eigenvalue weighted by atomic mass is 10.1. The summed E-state index contributed by atoms with van der Waals surface area (Å²) in [4.78, 5) is 17.4. The molecule has 32 heavy (non-hydrogen) atoms. The number of hydrogen-bond acceptors (Lipinski definition) is 7. The van der Waals surface area contributed by atoms with E-state index in [0.717, 1.165) is 40.4 Å². The number of anilines is 1. The van der Waals surface area contributed by atoms with Crippen molar-refractivity contribution in [3.05, 3.63) is 63.6 Å². The first-order chi connectivity index (χ1) is 15.4. The molecule has 0 aliphatic carbocycles. The molecule has 0 atom stereocenters. The molecule has 0 bridgehead atoms. The van der Waals surface area contributed by atoms with Gasteiger partial charge in [-0.3, -0.25) is 14.8 Å². The molecule has 166 valence electrons. The Morgan fingerprint density at radius 1 is 1.25 bits per heavy atom. The maximum Gasteiger partial charge on any atom is 0.280 e. The van der Waals surface area contributed by atoms with Gasteiger partial charge in [0.1, 0.15) is 18.1 Å². The van der Waals surface area contributed by atoms with Crippen LogP contribution >= 0.6 is 11.3 Å². The standard InChI is InChI=1S/C23H25N5O3S/c1-6-28-15(4)17(10-24-28)19-12-32-23(25-19)26-22(29)21-18(16(5)31-27-21)11-30-20-8-7-13(2)9-14(20)3/h7-10,12H,6,11H2,1-5H3,(H,25,26,29). The number of aryl methyl sites for hydroxylation is 4. The minimum absolute atomic E-state index is 0.181. The second-order valence-electron chi connectivity index (χ2n) is 7.57. The quantitative estimate of drug-likeness (QED) is 0.421. The van der Waals surface area contributed by atoms with Gasteiger partial charge < -0.3 is 9.26 Å². The number of rotatable bonds is 7. The van der Waals surface area contributed by atoms with E-state index >= 15 is 0 Å². The summed E-state index contributed by atoms with van der Waals surface area (Å²) in [5.41, 5.74) is 5.76. The van der Waals surface area contributed by atoms with Crippen molar-refractivity contribution >= 4 is 22.4 Å². The van der Waals surface area contributed by atoms with E-state index in [4.69, 9.17) is 9.26 Å². The van der Waals surface area contributed by atoms with Crippen molar-refractivity contribution in [2.75, 3.05) is 5.32 Å². The molecule has 8 nitrogen and oxygen atoms in total. The monoisotopic (exact) mass is 451 g/mol. The van der Waals surface area contributed by atoms with Crippen LogP contribution in [0.25, 0.3) is 11.3 Å². The number of nitrogens with one attached hydrogen (secondary N) is 1. The number of thiazole rings is 1. The Morgan fingerprint density at radius 2 is 2.06 bits per heavy atom. The zero-order valence-corrected chi connectivity index (χ0v) is 19.5. The molecule has 0 aliphatic heterocycles. The van der Waals surface area contributed by atoms with E-state index in [1.54, 1.807) is 13.1 Å². The molecule has 4 rings (SSSR count). The summed E-state index contributed by atoms with van der Waals surface area (Å²) in [5, 5.41) is 13.5. The largest absolute Gasteiger partial charge is 0.488 e. The molecule has 1 aromatic carbocycles. The van der Waals surface area contributed by atoms with Gasteiger partial charge in [0, 0.05) is 23.2 Å². The van der Waals surface area contributed by atoms with E-state index in [9.17, 15) is 4.79 Å². The van der Waals surface area contributed by atoms with Crippen LogP contribution in [-0.4, -0.2) is 25.8 Å². The molecule has 1 amide bonds. The first-order valence-corrected chi connectivity index (χ1v) is 11.2. The third-order valence-corrected chi connectivity index (χ3v) is 6.06. The molecule has 9 heteroatoms. The number of carbonyl (C=O) groups excluding carboxylic acids is 1. The zero-order chi connectivity index (χ0) is 22.8. The highest BCUT2D eigenvalue weighted by molar-refractivity contribution is 7.14. The number of aromatic nitrogens is 4. The summed E-state index contributed by atoms with van der Waals surface area (Å²) in [6, 6.07) is 5.96. The molecule has 0 unspecified atom stereocenters. The maximum absolute atomic E-state index is 12.9. The molecule has 0 saturated carbocycles. The molecule has 0 fully saturated rings. The number of nitrogens with zero attached hydrogens (tertiary/aromatic N) is 4. The van der Waals surface area contributed by atoms with Crippen molar-refractivity contribution in [1.82, 2.24) is 19.9 Å². The fourth-order valence-corrected chi connectivity index (χ4v) is 4.18. The van der Waals surface area contributed by atoms with E-state index in [1.165, 1.54) is 11.3 Å². The van der Waals surface area contributed by atoms with Crippen molar-refractivity contribution in [3.63, 3.8) is 0 Å². The molecule has 3 aromatic heterocycles. The van der Waals surface area contributed by atoms with Gasteiger partial charge in [0.05, 0.1) is 17.5 Å². The highest BCUT2D eigenvalue weighted by Crippen LogP contribution is 2.28. The summed E-state index contributed by atoms with van der Waals surface area (Å²) < 4.78 is 13.1. The van der Waals surface area contributed by atoms with E-state index < -0.39 is 0 Å². The van der Waals surface area contributed by atoms with Crippen LogP contribution in [0.3, 0.4) is 0 Å². The van der Waals surface area contributed by atoms with Gasteiger partial charge in [-0.15, -0.1) is 11.3 Å². The summed E-state index contributed by atoms with van der Waals surface area (Å²) in [6.45, 7) is 10.8. The van der Waals surface area contributed by atoms with Crippen molar-refractivity contribution in [2.24, 2.45) is 0 Å². The van der Waals surface area contributed by atoms with Crippen molar-refractivity contribution in [3.8, 4) is 17.0 Å². The number of hydrogen-bond donors (Lipinski definition) is 1. The van der Waals surface area contributed by atoms with Crippen LogP contribution in [-0.2, 0) is 13.2 Å². The lowest BCUT2D eigenvalue weighted by Crippen LogP contribution is -2.15. The van der Waals surface area contributed by atoms with Crippen molar-refractivity contribution in [1.29, 1.82) is 0 Å². The predicted octanol–water partition coefficient (Wildman–Crippen LogP) is 5.08. The Morgan fingerprint density at radius 3 is 2.78 bits per heavy atom. The summed E-state index contributed by atoms with van der Waals surface area (Å²) in [6.07, 6.45) is 1.79. The van der Waals surface area contributed by atoms with E-state index in [2.05, 4.69) is 26.6 Å². The molecule has 0 spiro atoms. The fourth-order valence-electron chi connectivity index (χ4n) is 3.48. The SMILES string of the molecule is CCn1ncc(-c2csc(NC(=O)c3noc(C)c3COc3ccc(C)cc3C)n2)c1C. The van der Waals surface area contributed by atoms with Gasteiger partial charge in [0.15, 0.2) is 10.8 Å². The second kappa shape index (κ2) is 8.96. The van der Waals surface area contributed by atoms with Crippen molar-refractivity contribution < 1.29 is 14.1 Å². The van der Waals surface area contributed by atoms with Crippen LogP contribution < -0.4 is 10.1 Å². The lowest BCUT2D eigenvalue weighted by molar-refractivity contribution is 0.101. The number of ether oxygens (including phenoxy) is 1. The molecule has 0 radical (unpaired) electrons. The number of carbonyl (C=O) groups is 1. The van der Waals surface area contributed by atoms with Crippen LogP contribution in [0.2, 0.25) is 0 Å². The third kappa shape index (κ3) is 4.29. The van der Waals surface area contributed by atoms with Gasteiger partial charge in [-0.05, 0) is 46.2 Å². The van der Waals surface area contributed by atoms with Gasteiger partial charge in [0.2, 0.25) is 0 Å². The fraction of sp³-hybridized carbons (Fsp3) is 0.304. The summed E-state index contributed by atoms with van der Waals surface area (Å²) in [7, 11) is 0. The van der Waals surface area contributed by atoms with Crippen LogP contribution in [0.15, 0.2) is 34.3 Å². The average Bonchev–Trinajstić information content (AvgIpc) is 3.46. The first kappa shape index (κ1) is 21.8. The number of benzene rings is 1. The second-order valence-corrected chi connectivity index (χ2v) is 8.43. The van der Waals surface area contributed by atoms with Gasteiger partial charge in [-0.25, -0.2) is 4.98 Å². The molecule has 1 N–H and O–H groups in total. The topological polar surface area (TPSA) is 95.1 Å². The Labute approximate surface area is 190 Å². The van der Waals surface area contributed by atoms with Crippen LogP contribution in [0.4, 0.5) is 5.13 Å². The molecule has 3 heterocycles. The van der Waals surface area contributed by atoms with Gasteiger partial charge >= 0.3 is 0 Å². The van der Waals surface area contributed by atoms with E-state index in [1.807, 2.05) is 49.9 Å². The lowest BCUT2D eigenvalue weighted by Gasteiger charge is -2.10. The van der Waals surface area contributed by atoms with E-state index in [0.29, 0.717) is 16.5 Å². The van der Waals surface area contributed by atoms with Gasteiger partial charge in [-0.1, -0.05) is 22.9 Å². The van der Waals surface area contributed by atoms with Crippen LogP contribution in [0, 0.1) is 27.7 Å². The Bertz CT molecular complexity index is 1270.